The molecule has 0 radical (unpaired) electrons. The molecule has 0 bridgehead atoms. The van der Waals surface area contributed by atoms with Crippen molar-refractivity contribution in [3.05, 3.63) is 0 Å². The average Bonchev–Trinajstić information content (AvgIpc) is 2.71. The molecular formula is C14H26ClN3O3. The van der Waals surface area contributed by atoms with Crippen LogP contribution in [-0.4, -0.2) is 60.6 Å². The summed E-state index contributed by atoms with van der Waals surface area (Å²) in [6, 6.07) is 0.0123. The minimum atomic E-state index is -0.185. The molecule has 2 saturated heterocycles. The van der Waals surface area contributed by atoms with Gasteiger partial charge in [-0.15, -0.1) is 12.4 Å². The van der Waals surface area contributed by atoms with E-state index in [4.69, 9.17) is 4.74 Å². The first kappa shape index (κ1) is 18.2. The fourth-order valence-corrected chi connectivity index (χ4v) is 2.71. The minimum absolute atomic E-state index is 0. The zero-order valence-electron chi connectivity index (χ0n) is 13.0. The maximum Gasteiger partial charge on any atom is 0.225 e. The molecule has 21 heavy (non-hydrogen) atoms. The molecular weight excluding hydrogens is 294 g/mol. The third kappa shape index (κ3) is 5.13. The van der Waals surface area contributed by atoms with Crippen molar-refractivity contribution >= 4 is 24.2 Å². The molecule has 2 atom stereocenters. The molecule has 6 nitrogen and oxygen atoms in total. The average molecular weight is 320 g/mol. The van der Waals surface area contributed by atoms with Gasteiger partial charge in [0.05, 0.1) is 19.3 Å². The molecule has 122 valence electrons. The minimum Gasteiger partial charge on any atom is -0.378 e. The Bertz CT molecular complexity index is 378. The van der Waals surface area contributed by atoms with Crippen molar-refractivity contribution in [3.8, 4) is 0 Å². The topological polar surface area (TPSA) is 70.7 Å². The van der Waals surface area contributed by atoms with Gasteiger partial charge in [0.15, 0.2) is 0 Å². The lowest BCUT2D eigenvalue weighted by Crippen LogP contribution is -2.47. The summed E-state index contributed by atoms with van der Waals surface area (Å²) < 4.78 is 5.33. The fraction of sp³-hybridized carbons (Fsp3) is 0.857. The van der Waals surface area contributed by atoms with E-state index in [1.54, 1.807) is 0 Å². The number of hydrogen-bond acceptors (Lipinski definition) is 4. The van der Waals surface area contributed by atoms with Gasteiger partial charge in [0, 0.05) is 37.5 Å². The Kier molecular flexibility index (Phi) is 6.43. The molecule has 0 spiro atoms. The Morgan fingerprint density at radius 1 is 1.48 bits per heavy atom. The molecule has 2 rings (SSSR count). The molecule has 0 aromatic rings. The standard InChI is InChI=1S/C14H25N3O3.ClH/c1-14(2,3)17-8-10(7-13(17)19)16-12(18)6-11-9-20-5-4-15-11;/h10-11,15H,4-9H2,1-3H3,(H,16,18);1H. The van der Waals surface area contributed by atoms with E-state index in [0.717, 1.165) is 6.54 Å². The molecule has 0 saturated carbocycles. The smallest absolute Gasteiger partial charge is 0.225 e. The summed E-state index contributed by atoms with van der Waals surface area (Å²) in [6.07, 6.45) is 0.803. The van der Waals surface area contributed by atoms with Crippen LogP contribution in [-0.2, 0) is 14.3 Å². The van der Waals surface area contributed by atoms with Crippen molar-refractivity contribution in [2.45, 2.75) is 51.2 Å². The molecule has 2 N–H and O–H groups in total. The maximum absolute atomic E-state index is 12.0. The molecule has 2 fully saturated rings. The number of halogens is 1. The number of hydrogen-bond donors (Lipinski definition) is 2. The van der Waals surface area contributed by atoms with E-state index >= 15 is 0 Å². The summed E-state index contributed by atoms with van der Waals surface area (Å²) in [5.41, 5.74) is -0.185. The van der Waals surface area contributed by atoms with Crippen LogP contribution in [0.2, 0.25) is 0 Å². The molecule has 2 unspecified atom stereocenters. The van der Waals surface area contributed by atoms with E-state index in [2.05, 4.69) is 10.6 Å². The number of morpholine rings is 1. The molecule has 7 heteroatoms. The van der Waals surface area contributed by atoms with Crippen LogP contribution >= 0.6 is 12.4 Å². The van der Waals surface area contributed by atoms with Crippen LogP contribution in [0.4, 0.5) is 0 Å². The third-order valence-corrected chi connectivity index (χ3v) is 3.73. The fourth-order valence-electron chi connectivity index (χ4n) is 2.71. The second-order valence-corrected chi connectivity index (χ2v) is 6.57. The Morgan fingerprint density at radius 2 is 2.19 bits per heavy atom. The van der Waals surface area contributed by atoms with Crippen molar-refractivity contribution < 1.29 is 14.3 Å². The van der Waals surface area contributed by atoms with Crippen molar-refractivity contribution in [1.82, 2.24) is 15.5 Å². The highest BCUT2D eigenvalue weighted by Gasteiger charge is 2.36. The first-order valence-corrected chi connectivity index (χ1v) is 7.27. The zero-order valence-corrected chi connectivity index (χ0v) is 13.8. The van der Waals surface area contributed by atoms with Crippen LogP contribution < -0.4 is 10.6 Å². The number of rotatable bonds is 3. The third-order valence-electron chi connectivity index (χ3n) is 3.73. The maximum atomic E-state index is 12.0. The second-order valence-electron chi connectivity index (χ2n) is 6.57. The second kappa shape index (κ2) is 7.42. The number of amides is 2. The number of likely N-dealkylation sites (tertiary alicyclic amines) is 1. The number of carbonyl (C=O) groups is 2. The van der Waals surface area contributed by atoms with Gasteiger partial charge in [-0.3, -0.25) is 9.59 Å². The summed E-state index contributed by atoms with van der Waals surface area (Å²) in [7, 11) is 0. The van der Waals surface area contributed by atoms with Crippen molar-refractivity contribution in [2.75, 3.05) is 26.3 Å². The summed E-state index contributed by atoms with van der Waals surface area (Å²) in [4.78, 5) is 25.8. The summed E-state index contributed by atoms with van der Waals surface area (Å²) in [6.45, 7) is 8.70. The normalized spacial score (nSPS) is 26.4. The van der Waals surface area contributed by atoms with Crippen LogP contribution in [0, 0.1) is 0 Å². The van der Waals surface area contributed by atoms with Crippen molar-refractivity contribution in [1.29, 1.82) is 0 Å². The zero-order chi connectivity index (χ0) is 14.8. The first-order chi connectivity index (χ1) is 9.36. The van der Waals surface area contributed by atoms with E-state index < -0.39 is 0 Å². The molecule has 2 aliphatic heterocycles. The number of nitrogens with one attached hydrogen (secondary N) is 2. The molecule has 0 aromatic carbocycles. The van der Waals surface area contributed by atoms with Crippen LogP contribution in [0.1, 0.15) is 33.6 Å². The number of carbonyl (C=O) groups excluding carboxylic acids is 2. The number of ether oxygens (including phenoxy) is 1. The molecule has 2 heterocycles. The van der Waals surface area contributed by atoms with Crippen molar-refractivity contribution in [2.24, 2.45) is 0 Å². The van der Waals surface area contributed by atoms with Crippen molar-refractivity contribution in [3.63, 3.8) is 0 Å². The lowest BCUT2D eigenvalue weighted by atomic mass is 10.1. The predicted molar refractivity (Wildman–Crippen MR) is 82.5 cm³/mol. The monoisotopic (exact) mass is 319 g/mol. The van der Waals surface area contributed by atoms with E-state index in [0.29, 0.717) is 32.6 Å². The molecule has 2 amide bonds. The van der Waals surface area contributed by atoms with Gasteiger partial charge in [-0.25, -0.2) is 0 Å². The van der Waals surface area contributed by atoms with E-state index in [-0.39, 0.29) is 41.8 Å². The van der Waals surface area contributed by atoms with Gasteiger partial charge in [-0.1, -0.05) is 0 Å². The highest BCUT2D eigenvalue weighted by Crippen LogP contribution is 2.21. The Balaban J connectivity index is 0.00000220. The van der Waals surface area contributed by atoms with Gasteiger partial charge in [-0.05, 0) is 20.8 Å². The highest BCUT2D eigenvalue weighted by molar-refractivity contribution is 5.85. The predicted octanol–water partition coefficient (Wildman–Crippen LogP) is 0.302. The Morgan fingerprint density at radius 3 is 2.71 bits per heavy atom. The lowest BCUT2D eigenvalue weighted by Gasteiger charge is -2.32. The summed E-state index contributed by atoms with van der Waals surface area (Å²) in [5, 5.41) is 6.22. The van der Waals surface area contributed by atoms with Gasteiger partial charge in [0.1, 0.15) is 0 Å². The van der Waals surface area contributed by atoms with Gasteiger partial charge in [-0.2, -0.15) is 0 Å². The summed E-state index contributed by atoms with van der Waals surface area (Å²) in [5.74, 6) is 0.100. The molecule has 0 aromatic heterocycles. The SMILES string of the molecule is CC(C)(C)N1CC(NC(=O)CC2COCCN2)CC1=O.Cl. The van der Waals surface area contributed by atoms with Gasteiger partial charge >= 0.3 is 0 Å². The molecule has 0 aliphatic carbocycles. The molecule has 2 aliphatic rings. The Labute approximate surface area is 132 Å². The van der Waals surface area contributed by atoms with Crippen LogP contribution in [0.5, 0.6) is 0 Å². The Hall–Kier alpha value is -0.850. The van der Waals surface area contributed by atoms with Crippen LogP contribution in [0.25, 0.3) is 0 Å². The van der Waals surface area contributed by atoms with Gasteiger partial charge in [0.2, 0.25) is 11.8 Å². The largest absolute Gasteiger partial charge is 0.378 e. The van der Waals surface area contributed by atoms with E-state index in [9.17, 15) is 9.59 Å². The number of nitrogens with zero attached hydrogens (tertiary/aromatic N) is 1. The quantitative estimate of drug-likeness (QED) is 0.785. The summed E-state index contributed by atoms with van der Waals surface area (Å²) >= 11 is 0. The van der Waals surface area contributed by atoms with Crippen LogP contribution in [0.15, 0.2) is 0 Å². The van der Waals surface area contributed by atoms with Crippen LogP contribution in [0.3, 0.4) is 0 Å². The van der Waals surface area contributed by atoms with Gasteiger partial charge in [0.25, 0.3) is 0 Å². The first-order valence-electron chi connectivity index (χ1n) is 7.27. The van der Waals surface area contributed by atoms with E-state index in [1.807, 2.05) is 25.7 Å². The highest BCUT2D eigenvalue weighted by atomic mass is 35.5. The lowest BCUT2D eigenvalue weighted by molar-refractivity contribution is -0.131. The van der Waals surface area contributed by atoms with Gasteiger partial charge < -0.3 is 20.3 Å². The van der Waals surface area contributed by atoms with E-state index in [1.165, 1.54) is 0 Å².